The molecule has 0 N–H and O–H groups in total. The van der Waals surface area contributed by atoms with Gasteiger partial charge in [-0.3, -0.25) is 9.36 Å². The van der Waals surface area contributed by atoms with Gasteiger partial charge in [0.2, 0.25) is 0 Å². The van der Waals surface area contributed by atoms with E-state index in [0.717, 1.165) is 12.0 Å². The minimum absolute atomic E-state index is 0.495. The molecule has 14 heavy (non-hydrogen) atoms. The lowest BCUT2D eigenvalue weighted by Crippen LogP contribution is -1.92. The summed E-state index contributed by atoms with van der Waals surface area (Å²) in [5.41, 5.74) is 1.30. The number of carbonyl (C=O) groups is 1. The zero-order chi connectivity index (χ0) is 9.97. The molecule has 0 aliphatic carbocycles. The molecule has 1 aromatic carbocycles. The molecule has 0 saturated heterocycles. The van der Waals surface area contributed by atoms with Crippen molar-refractivity contribution in [1.29, 1.82) is 0 Å². The summed E-state index contributed by atoms with van der Waals surface area (Å²) in [5.74, 6) is 0. The summed E-state index contributed by atoms with van der Waals surface area (Å²) < 4.78 is 1.68. The van der Waals surface area contributed by atoms with Crippen molar-refractivity contribution in [2.24, 2.45) is 0 Å². The van der Waals surface area contributed by atoms with E-state index in [9.17, 15) is 4.79 Å². The lowest BCUT2D eigenvalue weighted by Gasteiger charge is -2.03. The van der Waals surface area contributed by atoms with E-state index < -0.39 is 0 Å². The average Bonchev–Trinajstić information content (AvgIpc) is 2.70. The summed E-state index contributed by atoms with van der Waals surface area (Å²) in [4.78, 5) is 10.5. The summed E-state index contributed by atoms with van der Waals surface area (Å²) in [6, 6.07) is 5.04. The zero-order valence-electron chi connectivity index (χ0n) is 7.09. The Morgan fingerprint density at radius 3 is 2.57 bits per heavy atom. The number of carbonyl (C=O) groups excluding carboxylic acids is 1. The molecule has 0 bridgehead atoms. The first-order valence-corrected chi connectivity index (χ1v) is 4.29. The molecular weight excluding hydrogens is 202 g/mol. The van der Waals surface area contributed by atoms with Crippen LogP contribution in [0.4, 0.5) is 0 Å². The molecule has 0 aliphatic heterocycles. The maximum atomic E-state index is 10.5. The highest BCUT2D eigenvalue weighted by Crippen LogP contribution is 2.20. The Morgan fingerprint density at radius 2 is 2.00 bits per heavy atom. The molecule has 2 aromatic rings. The van der Waals surface area contributed by atoms with Crippen LogP contribution >= 0.6 is 11.6 Å². The first-order valence-electron chi connectivity index (χ1n) is 3.91. The van der Waals surface area contributed by atoms with Crippen molar-refractivity contribution in [3.05, 3.63) is 41.4 Å². The number of hydrogen-bond acceptors (Lipinski definition) is 3. The van der Waals surface area contributed by atoms with Crippen LogP contribution in [-0.2, 0) is 0 Å². The molecule has 0 fully saturated rings. The van der Waals surface area contributed by atoms with Crippen molar-refractivity contribution in [2.45, 2.75) is 0 Å². The standard InChI is InChI=1S/C9H6ClN3O/c10-8-3-7(4-14)1-2-9(8)13-5-11-12-6-13/h1-6H. The molecule has 5 heteroatoms. The maximum absolute atomic E-state index is 10.5. The van der Waals surface area contributed by atoms with Crippen LogP contribution in [0, 0.1) is 0 Å². The minimum atomic E-state index is 0.495. The summed E-state index contributed by atoms with van der Waals surface area (Å²) in [7, 11) is 0. The largest absolute Gasteiger partial charge is 0.298 e. The van der Waals surface area contributed by atoms with Gasteiger partial charge in [0.1, 0.15) is 18.9 Å². The van der Waals surface area contributed by atoms with E-state index >= 15 is 0 Å². The first kappa shape index (κ1) is 8.90. The van der Waals surface area contributed by atoms with Gasteiger partial charge in [-0.2, -0.15) is 0 Å². The van der Waals surface area contributed by atoms with Crippen molar-refractivity contribution in [1.82, 2.24) is 14.8 Å². The van der Waals surface area contributed by atoms with E-state index in [-0.39, 0.29) is 0 Å². The summed E-state index contributed by atoms with van der Waals surface area (Å²) in [6.07, 6.45) is 3.84. The Bertz CT molecular complexity index is 453. The maximum Gasteiger partial charge on any atom is 0.150 e. The molecule has 0 atom stereocenters. The lowest BCUT2D eigenvalue weighted by molar-refractivity contribution is 0.112. The fourth-order valence-corrected chi connectivity index (χ4v) is 1.42. The topological polar surface area (TPSA) is 47.8 Å². The third-order valence-electron chi connectivity index (χ3n) is 1.80. The van der Waals surface area contributed by atoms with Gasteiger partial charge in [0.15, 0.2) is 0 Å². The van der Waals surface area contributed by atoms with Crippen molar-refractivity contribution < 1.29 is 4.79 Å². The number of halogens is 1. The van der Waals surface area contributed by atoms with Crippen LogP contribution in [0.1, 0.15) is 10.4 Å². The van der Waals surface area contributed by atoms with E-state index in [1.54, 1.807) is 35.4 Å². The van der Waals surface area contributed by atoms with Gasteiger partial charge < -0.3 is 0 Å². The number of benzene rings is 1. The molecule has 1 aromatic heterocycles. The Labute approximate surface area is 85.1 Å². The Hall–Kier alpha value is -1.68. The number of aldehydes is 1. The van der Waals surface area contributed by atoms with E-state index in [0.29, 0.717) is 10.6 Å². The van der Waals surface area contributed by atoms with Gasteiger partial charge in [0.05, 0.1) is 10.7 Å². The van der Waals surface area contributed by atoms with Crippen molar-refractivity contribution in [3.63, 3.8) is 0 Å². The molecule has 0 aliphatic rings. The quantitative estimate of drug-likeness (QED) is 0.705. The molecule has 0 unspecified atom stereocenters. The number of rotatable bonds is 2. The third kappa shape index (κ3) is 1.52. The van der Waals surface area contributed by atoms with Gasteiger partial charge in [-0.1, -0.05) is 11.6 Å². The fraction of sp³-hybridized carbons (Fsp3) is 0. The Balaban J connectivity index is 2.51. The molecule has 70 valence electrons. The highest BCUT2D eigenvalue weighted by atomic mass is 35.5. The molecule has 2 rings (SSSR count). The second-order valence-electron chi connectivity index (χ2n) is 2.70. The van der Waals surface area contributed by atoms with Crippen molar-refractivity contribution in [2.75, 3.05) is 0 Å². The molecule has 0 radical (unpaired) electrons. The van der Waals surface area contributed by atoms with Crippen molar-refractivity contribution >= 4 is 17.9 Å². The lowest BCUT2D eigenvalue weighted by atomic mass is 10.2. The first-order chi connectivity index (χ1) is 6.81. The molecule has 4 nitrogen and oxygen atoms in total. The second kappa shape index (κ2) is 3.59. The van der Waals surface area contributed by atoms with Gasteiger partial charge >= 0.3 is 0 Å². The number of nitrogens with zero attached hydrogens (tertiary/aromatic N) is 3. The predicted molar refractivity (Wildman–Crippen MR) is 51.8 cm³/mol. The zero-order valence-corrected chi connectivity index (χ0v) is 7.85. The van der Waals surface area contributed by atoms with E-state index in [1.807, 2.05) is 0 Å². The highest BCUT2D eigenvalue weighted by Gasteiger charge is 2.03. The van der Waals surface area contributed by atoms with Crippen LogP contribution in [0.3, 0.4) is 0 Å². The van der Waals surface area contributed by atoms with Crippen LogP contribution in [0.5, 0.6) is 0 Å². The van der Waals surface area contributed by atoms with Gasteiger partial charge in [-0.25, -0.2) is 0 Å². The van der Waals surface area contributed by atoms with E-state index in [1.165, 1.54) is 0 Å². The smallest absolute Gasteiger partial charge is 0.150 e. The van der Waals surface area contributed by atoms with E-state index in [2.05, 4.69) is 10.2 Å². The predicted octanol–water partition coefficient (Wildman–Crippen LogP) is 1.73. The Morgan fingerprint density at radius 1 is 1.29 bits per heavy atom. The molecular formula is C9H6ClN3O. The van der Waals surface area contributed by atoms with Crippen LogP contribution in [0.2, 0.25) is 5.02 Å². The van der Waals surface area contributed by atoms with Crippen molar-refractivity contribution in [3.8, 4) is 5.69 Å². The molecule has 0 saturated carbocycles. The number of aromatic nitrogens is 3. The number of hydrogen-bond donors (Lipinski definition) is 0. The van der Waals surface area contributed by atoms with Gasteiger partial charge in [-0.15, -0.1) is 10.2 Å². The Kier molecular flexibility index (Phi) is 2.28. The monoisotopic (exact) mass is 207 g/mol. The summed E-state index contributed by atoms with van der Waals surface area (Å²) >= 11 is 5.96. The normalized spacial score (nSPS) is 10.1. The molecule has 1 heterocycles. The van der Waals surface area contributed by atoms with Gasteiger partial charge in [0.25, 0.3) is 0 Å². The minimum Gasteiger partial charge on any atom is -0.298 e. The van der Waals surface area contributed by atoms with E-state index in [4.69, 9.17) is 11.6 Å². The van der Waals surface area contributed by atoms with Crippen LogP contribution in [0.15, 0.2) is 30.9 Å². The molecule has 0 spiro atoms. The SMILES string of the molecule is O=Cc1ccc(-n2cnnc2)c(Cl)c1. The van der Waals surface area contributed by atoms with Crippen LogP contribution in [0.25, 0.3) is 5.69 Å². The molecule has 0 amide bonds. The summed E-state index contributed by atoms with van der Waals surface area (Å²) in [6.45, 7) is 0. The average molecular weight is 208 g/mol. The third-order valence-corrected chi connectivity index (χ3v) is 2.11. The highest BCUT2D eigenvalue weighted by molar-refractivity contribution is 6.32. The summed E-state index contributed by atoms with van der Waals surface area (Å²) in [5, 5.41) is 7.83. The van der Waals surface area contributed by atoms with Crippen LogP contribution in [-0.4, -0.2) is 21.1 Å². The van der Waals surface area contributed by atoms with Crippen LogP contribution < -0.4 is 0 Å². The second-order valence-corrected chi connectivity index (χ2v) is 3.11. The fourth-order valence-electron chi connectivity index (χ4n) is 1.13. The van der Waals surface area contributed by atoms with Gasteiger partial charge in [0, 0.05) is 5.56 Å². The van der Waals surface area contributed by atoms with Gasteiger partial charge in [-0.05, 0) is 18.2 Å².